The summed E-state index contributed by atoms with van der Waals surface area (Å²) in [7, 11) is 0. The second-order valence-corrected chi connectivity index (χ2v) is 4.55. The molecule has 78 valence electrons. The predicted molar refractivity (Wildman–Crippen MR) is 56.9 cm³/mol. The van der Waals surface area contributed by atoms with Gasteiger partial charge in [-0.05, 0) is 37.3 Å². The second kappa shape index (κ2) is 3.77. The van der Waals surface area contributed by atoms with Crippen molar-refractivity contribution in [2.45, 2.75) is 39.2 Å². The van der Waals surface area contributed by atoms with Gasteiger partial charge in [0, 0.05) is 0 Å². The van der Waals surface area contributed by atoms with E-state index in [9.17, 15) is 0 Å². The fourth-order valence-electron chi connectivity index (χ4n) is 2.55. The topological polar surface area (TPSA) is 39.2 Å². The molecule has 0 aliphatic heterocycles. The van der Waals surface area contributed by atoms with Gasteiger partial charge < -0.3 is 10.2 Å². The van der Waals surface area contributed by atoms with Crippen molar-refractivity contribution in [2.75, 3.05) is 0 Å². The Balaban J connectivity index is 2.11. The summed E-state index contributed by atoms with van der Waals surface area (Å²) in [6, 6.07) is 4.11. The molecule has 2 heteroatoms. The minimum Gasteiger partial charge on any atom is -0.465 e. The molecule has 0 radical (unpaired) electrons. The molecule has 2 rings (SSSR count). The average Bonchev–Trinajstić information content (AvgIpc) is 2.73. The number of nitrogens with two attached hydrogens (primary N) is 1. The number of furan rings is 1. The lowest BCUT2D eigenvalue weighted by Gasteiger charge is -2.21. The van der Waals surface area contributed by atoms with Crippen LogP contribution in [0.2, 0.25) is 0 Å². The lowest BCUT2D eigenvalue weighted by molar-refractivity contribution is 0.307. The van der Waals surface area contributed by atoms with E-state index in [-0.39, 0.29) is 6.04 Å². The maximum Gasteiger partial charge on any atom is 0.121 e. The largest absolute Gasteiger partial charge is 0.465 e. The van der Waals surface area contributed by atoms with Crippen molar-refractivity contribution < 1.29 is 4.42 Å². The predicted octanol–water partition coefficient (Wildman–Crippen LogP) is 3.02. The molecule has 14 heavy (non-hydrogen) atoms. The van der Waals surface area contributed by atoms with Crippen molar-refractivity contribution in [3.05, 3.63) is 23.7 Å². The Bertz CT molecular complexity index is 305. The van der Waals surface area contributed by atoms with Gasteiger partial charge in [-0.2, -0.15) is 0 Å². The normalized spacial score (nSPS) is 29.4. The summed E-state index contributed by atoms with van der Waals surface area (Å²) >= 11 is 0. The van der Waals surface area contributed by atoms with Crippen LogP contribution in [-0.2, 0) is 0 Å². The van der Waals surface area contributed by atoms with Crippen LogP contribution in [0.3, 0.4) is 0 Å². The van der Waals surface area contributed by atoms with Crippen LogP contribution in [0, 0.1) is 18.8 Å². The molecule has 1 saturated carbocycles. The quantitative estimate of drug-likeness (QED) is 0.784. The highest BCUT2D eigenvalue weighted by Gasteiger charge is 2.30. The molecule has 2 unspecified atom stereocenters. The van der Waals surface area contributed by atoms with E-state index in [0.717, 1.165) is 17.4 Å². The number of aryl methyl sites for hydroxylation is 1. The summed E-state index contributed by atoms with van der Waals surface area (Å²) in [5.41, 5.74) is 6.21. The molecule has 0 saturated heterocycles. The SMILES string of the molecule is Cc1ccc([C@H](N)C2CCCC2C)o1. The Hall–Kier alpha value is -0.760. The maximum atomic E-state index is 6.21. The molecule has 1 heterocycles. The van der Waals surface area contributed by atoms with Crippen LogP contribution in [0.1, 0.15) is 43.7 Å². The van der Waals surface area contributed by atoms with Crippen LogP contribution in [0.5, 0.6) is 0 Å². The van der Waals surface area contributed by atoms with Gasteiger partial charge in [0.1, 0.15) is 11.5 Å². The maximum absolute atomic E-state index is 6.21. The molecule has 2 N–H and O–H groups in total. The van der Waals surface area contributed by atoms with E-state index in [2.05, 4.69) is 6.92 Å². The standard InChI is InChI=1S/C12H19NO/c1-8-4-3-5-10(8)12(13)11-7-6-9(2)14-11/h6-8,10,12H,3-5,13H2,1-2H3/t8?,10?,12-/m1/s1. The van der Waals surface area contributed by atoms with Crippen molar-refractivity contribution in [3.8, 4) is 0 Å². The van der Waals surface area contributed by atoms with Crippen LogP contribution in [0.25, 0.3) is 0 Å². The number of rotatable bonds is 2. The summed E-state index contributed by atoms with van der Waals surface area (Å²) in [4.78, 5) is 0. The van der Waals surface area contributed by atoms with Crippen LogP contribution in [-0.4, -0.2) is 0 Å². The highest BCUT2D eigenvalue weighted by Crippen LogP contribution is 2.39. The van der Waals surface area contributed by atoms with Crippen LogP contribution in [0.15, 0.2) is 16.5 Å². The first-order chi connectivity index (χ1) is 6.68. The molecule has 1 aliphatic rings. The first-order valence-corrected chi connectivity index (χ1v) is 5.50. The van der Waals surface area contributed by atoms with Gasteiger partial charge in [-0.1, -0.05) is 19.8 Å². The lowest BCUT2D eigenvalue weighted by Crippen LogP contribution is -2.22. The molecule has 0 amide bonds. The first-order valence-electron chi connectivity index (χ1n) is 5.50. The zero-order chi connectivity index (χ0) is 10.1. The average molecular weight is 193 g/mol. The molecule has 1 aliphatic carbocycles. The monoisotopic (exact) mass is 193 g/mol. The second-order valence-electron chi connectivity index (χ2n) is 4.55. The Morgan fingerprint density at radius 2 is 2.21 bits per heavy atom. The van der Waals surface area contributed by atoms with E-state index < -0.39 is 0 Å². The smallest absolute Gasteiger partial charge is 0.121 e. The van der Waals surface area contributed by atoms with Gasteiger partial charge in [-0.3, -0.25) is 0 Å². The van der Waals surface area contributed by atoms with Gasteiger partial charge >= 0.3 is 0 Å². The zero-order valence-corrected chi connectivity index (χ0v) is 8.99. The molecule has 1 fully saturated rings. The van der Waals surface area contributed by atoms with E-state index in [1.807, 2.05) is 19.1 Å². The van der Waals surface area contributed by atoms with Crippen molar-refractivity contribution in [1.82, 2.24) is 0 Å². The molecule has 1 aromatic rings. The third-order valence-corrected chi connectivity index (χ3v) is 3.48. The summed E-state index contributed by atoms with van der Waals surface area (Å²) in [5.74, 6) is 3.28. The van der Waals surface area contributed by atoms with Gasteiger partial charge in [-0.15, -0.1) is 0 Å². The lowest BCUT2D eigenvalue weighted by atomic mass is 9.89. The Morgan fingerprint density at radius 1 is 1.43 bits per heavy atom. The van der Waals surface area contributed by atoms with E-state index in [0.29, 0.717) is 5.92 Å². The zero-order valence-electron chi connectivity index (χ0n) is 8.99. The van der Waals surface area contributed by atoms with Gasteiger partial charge in [-0.25, -0.2) is 0 Å². The summed E-state index contributed by atoms with van der Waals surface area (Å²) in [6.07, 6.45) is 3.89. The molecule has 1 aromatic heterocycles. The van der Waals surface area contributed by atoms with E-state index in [1.165, 1.54) is 19.3 Å². The molecular weight excluding hydrogens is 174 g/mol. The first kappa shape index (κ1) is 9.78. The fraction of sp³-hybridized carbons (Fsp3) is 0.667. The van der Waals surface area contributed by atoms with E-state index in [1.54, 1.807) is 0 Å². The summed E-state index contributed by atoms with van der Waals surface area (Å²) in [5, 5.41) is 0. The van der Waals surface area contributed by atoms with E-state index >= 15 is 0 Å². The molecule has 2 nitrogen and oxygen atoms in total. The molecule has 3 atom stereocenters. The molecule has 0 bridgehead atoms. The highest BCUT2D eigenvalue weighted by atomic mass is 16.3. The summed E-state index contributed by atoms with van der Waals surface area (Å²) < 4.78 is 5.58. The van der Waals surface area contributed by atoms with Crippen molar-refractivity contribution >= 4 is 0 Å². The number of hydrogen-bond acceptors (Lipinski definition) is 2. The summed E-state index contributed by atoms with van der Waals surface area (Å²) in [6.45, 7) is 4.27. The van der Waals surface area contributed by atoms with Gasteiger partial charge in [0.2, 0.25) is 0 Å². The van der Waals surface area contributed by atoms with Crippen LogP contribution < -0.4 is 5.73 Å². The van der Waals surface area contributed by atoms with Gasteiger partial charge in [0.05, 0.1) is 6.04 Å². The number of hydrogen-bond donors (Lipinski definition) is 1. The Labute approximate surface area is 85.5 Å². The third kappa shape index (κ3) is 1.71. The van der Waals surface area contributed by atoms with Crippen molar-refractivity contribution in [1.29, 1.82) is 0 Å². The third-order valence-electron chi connectivity index (χ3n) is 3.48. The van der Waals surface area contributed by atoms with Crippen molar-refractivity contribution in [2.24, 2.45) is 17.6 Å². The van der Waals surface area contributed by atoms with Gasteiger partial charge in [0.25, 0.3) is 0 Å². The fourth-order valence-corrected chi connectivity index (χ4v) is 2.55. The highest BCUT2D eigenvalue weighted by molar-refractivity contribution is 5.11. The van der Waals surface area contributed by atoms with Crippen LogP contribution in [0.4, 0.5) is 0 Å². The van der Waals surface area contributed by atoms with Gasteiger partial charge in [0.15, 0.2) is 0 Å². The van der Waals surface area contributed by atoms with Crippen LogP contribution >= 0.6 is 0 Å². The van der Waals surface area contributed by atoms with E-state index in [4.69, 9.17) is 10.2 Å². The Morgan fingerprint density at radius 3 is 2.71 bits per heavy atom. The Kier molecular flexibility index (Phi) is 2.64. The molecule has 0 spiro atoms. The van der Waals surface area contributed by atoms with Crippen molar-refractivity contribution in [3.63, 3.8) is 0 Å². The molecule has 0 aromatic carbocycles. The molecular formula is C12H19NO. The minimum absolute atomic E-state index is 0.0983. The minimum atomic E-state index is 0.0983.